The average molecular weight is 506 g/mol. The van der Waals surface area contributed by atoms with Crippen LogP contribution in [0.4, 0.5) is 0 Å². The first-order chi connectivity index (χ1) is 16.3. The summed E-state index contributed by atoms with van der Waals surface area (Å²) in [5, 5.41) is 13.1. The summed E-state index contributed by atoms with van der Waals surface area (Å²) in [6.45, 7) is 3.92. The zero-order valence-corrected chi connectivity index (χ0v) is 22.7. The number of rotatable bonds is 24. The second-order valence-corrected chi connectivity index (χ2v) is 10.6. The number of carbonyl (C=O) groups is 1. The van der Waals surface area contributed by atoms with Crippen molar-refractivity contribution in [1.29, 1.82) is 0 Å². The predicted molar refractivity (Wildman–Crippen MR) is 140 cm³/mol. The van der Waals surface area contributed by atoms with E-state index < -0.39 is 26.6 Å². The van der Waals surface area contributed by atoms with Gasteiger partial charge in [-0.1, -0.05) is 116 Å². The molecule has 0 aliphatic carbocycles. The van der Waals surface area contributed by atoms with E-state index in [0.29, 0.717) is 6.42 Å². The highest BCUT2D eigenvalue weighted by molar-refractivity contribution is 7.46. The van der Waals surface area contributed by atoms with Crippen molar-refractivity contribution in [3.63, 3.8) is 0 Å². The van der Waals surface area contributed by atoms with E-state index in [2.05, 4.69) is 23.7 Å². The van der Waals surface area contributed by atoms with Crippen LogP contribution in [0.25, 0.3) is 0 Å². The maximum atomic E-state index is 12.2. The lowest BCUT2D eigenvalue weighted by Crippen LogP contribution is -2.45. The van der Waals surface area contributed by atoms with E-state index in [-0.39, 0.29) is 5.91 Å². The van der Waals surface area contributed by atoms with Crippen LogP contribution in [0.15, 0.2) is 12.2 Å². The molecular weight excluding hydrogens is 453 g/mol. The molecule has 4 N–H and O–H groups in total. The van der Waals surface area contributed by atoms with Gasteiger partial charge in [-0.2, -0.15) is 0 Å². The monoisotopic (exact) mass is 505 g/mol. The molecule has 0 aromatic rings. The molecule has 202 valence electrons. The van der Waals surface area contributed by atoms with Gasteiger partial charge < -0.3 is 20.2 Å². The molecule has 0 bridgehead atoms. The van der Waals surface area contributed by atoms with Crippen LogP contribution in [-0.2, 0) is 13.9 Å². The molecule has 34 heavy (non-hydrogen) atoms. The number of phosphoric ester groups is 1. The third kappa shape index (κ3) is 23.0. The van der Waals surface area contributed by atoms with Crippen LogP contribution < -0.4 is 5.32 Å². The van der Waals surface area contributed by atoms with Crippen LogP contribution in [0.1, 0.15) is 129 Å². The molecule has 0 aliphatic heterocycles. The quantitative estimate of drug-likeness (QED) is 0.0671. The third-order valence-electron chi connectivity index (χ3n) is 6.00. The lowest BCUT2D eigenvalue weighted by molar-refractivity contribution is -0.123. The fourth-order valence-corrected chi connectivity index (χ4v) is 4.22. The van der Waals surface area contributed by atoms with Gasteiger partial charge >= 0.3 is 7.82 Å². The van der Waals surface area contributed by atoms with Crippen LogP contribution in [0, 0.1) is 0 Å². The summed E-state index contributed by atoms with van der Waals surface area (Å²) in [6.07, 6.45) is 22.7. The standard InChI is InChI=1S/C26H52NO6P/c1-3-5-7-9-10-11-12-13-14-15-16-18-19-21-25(28)24(23-33-34(30,31)32)27-26(29)22-20-17-8-6-4-2/h19,21,24-25,28H,3-18,20,22-23H2,1-2H3,(H,27,29)(H2,30,31,32)/b21-19+. The van der Waals surface area contributed by atoms with Crippen molar-refractivity contribution in [3.8, 4) is 0 Å². The number of aliphatic hydroxyl groups excluding tert-OH is 1. The average Bonchev–Trinajstić information content (AvgIpc) is 2.78. The first-order valence-electron chi connectivity index (χ1n) is 13.6. The van der Waals surface area contributed by atoms with E-state index in [1.807, 2.05) is 6.08 Å². The molecular formula is C26H52NO6P. The first kappa shape index (κ1) is 33.3. The molecule has 0 fully saturated rings. The first-order valence-corrected chi connectivity index (χ1v) is 15.2. The van der Waals surface area contributed by atoms with E-state index in [9.17, 15) is 14.5 Å². The molecule has 0 heterocycles. The van der Waals surface area contributed by atoms with Gasteiger partial charge in [0, 0.05) is 6.42 Å². The van der Waals surface area contributed by atoms with Crippen LogP contribution in [0.5, 0.6) is 0 Å². The zero-order chi connectivity index (χ0) is 25.5. The third-order valence-corrected chi connectivity index (χ3v) is 6.48. The maximum absolute atomic E-state index is 12.2. The Morgan fingerprint density at radius 1 is 0.824 bits per heavy atom. The normalized spacial score (nSPS) is 13.9. The molecule has 0 aromatic carbocycles. The summed E-state index contributed by atoms with van der Waals surface area (Å²) in [4.78, 5) is 30.2. The van der Waals surface area contributed by atoms with Gasteiger partial charge in [-0.25, -0.2) is 4.57 Å². The summed E-state index contributed by atoms with van der Waals surface area (Å²) in [7, 11) is -4.68. The van der Waals surface area contributed by atoms with Gasteiger partial charge in [-0.3, -0.25) is 9.32 Å². The second kappa shape index (κ2) is 22.7. The van der Waals surface area contributed by atoms with Gasteiger partial charge in [-0.15, -0.1) is 0 Å². The largest absolute Gasteiger partial charge is 0.469 e. The number of hydrogen-bond donors (Lipinski definition) is 4. The van der Waals surface area contributed by atoms with E-state index in [1.54, 1.807) is 6.08 Å². The van der Waals surface area contributed by atoms with E-state index in [0.717, 1.165) is 51.4 Å². The van der Waals surface area contributed by atoms with E-state index in [4.69, 9.17) is 9.79 Å². The minimum absolute atomic E-state index is 0.242. The van der Waals surface area contributed by atoms with Crippen LogP contribution in [0.3, 0.4) is 0 Å². The molecule has 2 atom stereocenters. The molecule has 2 unspecified atom stereocenters. The highest BCUT2D eigenvalue weighted by Crippen LogP contribution is 2.35. The lowest BCUT2D eigenvalue weighted by atomic mass is 10.0. The van der Waals surface area contributed by atoms with Crippen LogP contribution in [-0.4, -0.2) is 39.6 Å². The molecule has 0 spiro atoms. The number of hydrogen-bond acceptors (Lipinski definition) is 4. The number of carbonyl (C=O) groups excluding carboxylic acids is 1. The summed E-state index contributed by atoms with van der Waals surface area (Å²) in [5.41, 5.74) is 0. The van der Waals surface area contributed by atoms with Gasteiger partial charge in [0.05, 0.1) is 18.8 Å². The Morgan fingerprint density at radius 2 is 1.29 bits per heavy atom. The molecule has 0 aromatic heterocycles. The molecule has 0 radical (unpaired) electrons. The SMILES string of the molecule is CCCCCCCCCCCCC/C=C/C(O)C(COP(=O)(O)O)NC(=O)CCCCCCC. The molecule has 0 saturated carbocycles. The lowest BCUT2D eigenvalue weighted by Gasteiger charge is -2.22. The number of allylic oxidation sites excluding steroid dienone is 1. The van der Waals surface area contributed by atoms with Crippen molar-refractivity contribution in [2.24, 2.45) is 0 Å². The number of phosphoric acid groups is 1. The Kier molecular flexibility index (Phi) is 22.2. The van der Waals surface area contributed by atoms with Crippen molar-refractivity contribution >= 4 is 13.7 Å². The topological polar surface area (TPSA) is 116 Å². The summed E-state index contributed by atoms with van der Waals surface area (Å²) in [6, 6.07) is -0.899. The van der Waals surface area contributed by atoms with Crippen molar-refractivity contribution in [1.82, 2.24) is 5.32 Å². The second-order valence-electron chi connectivity index (χ2n) is 9.37. The Bertz CT molecular complexity index is 551. The minimum atomic E-state index is -4.68. The summed E-state index contributed by atoms with van der Waals surface area (Å²) < 4.78 is 15.6. The predicted octanol–water partition coefficient (Wildman–Crippen LogP) is 6.56. The van der Waals surface area contributed by atoms with Crippen LogP contribution >= 0.6 is 7.82 Å². The molecule has 8 heteroatoms. The van der Waals surface area contributed by atoms with Crippen molar-refractivity contribution in [3.05, 3.63) is 12.2 Å². The number of unbranched alkanes of at least 4 members (excludes halogenated alkanes) is 15. The van der Waals surface area contributed by atoms with Crippen molar-refractivity contribution in [2.45, 2.75) is 142 Å². The fourth-order valence-electron chi connectivity index (χ4n) is 3.87. The minimum Gasteiger partial charge on any atom is -0.387 e. The Hall–Kier alpha value is -0.720. The van der Waals surface area contributed by atoms with E-state index >= 15 is 0 Å². The van der Waals surface area contributed by atoms with Gasteiger partial charge in [0.15, 0.2) is 0 Å². The highest BCUT2D eigenvalue weighted by Gasteiger charge is 2.24. The number of amides is 1. The smallest absolute Gasteiger partial charge is 0.387 e. The molecule has 1 amide bonds. The van der Waals surface area contributed by atoms with E-state index in [1.165, 1.54) is 57.8 Å². The number of aliphatic hydroxyl groups is 1. The Balaban J connectivity index is 4.16. The Labute approximate surface area is 208 Å². The van der Waals surface area contributed by atoms with Gasteiger partial charge in [0.1, 0.15) is 0 Å². The molecule has 7 nitrogen and oxygen atoms in total. The van der Waals surface area contributed by atoms with Gasteiger partial charge in [0.2, 0.25) is 5.91 Å². The summed E-state index contributed by atoms with van der Waals surface area (Å²) in [5.74, 6) is -0.242. The Morgan fingerprint density at radius 3 is 1.79 bits per heavy atom. The zero-order valence-electron chi connectivity index (χ0n) is 21.8. The van der Waals surface area contributed by atoms with Gasteiger partial charge in [-0.05, 0) is 19.3 Å². The maximum Gasteiger partial charge on any atom is 0.469 e. The fraction of sp³-hybridized carbons (Fsp3) is 0.885. The molecule has 0 rings (SSSR count). The van der Waals surface area contributed by atoms with Crippen molar-refractivity contribution < 1.29 is 28.8 Å². The molecule has 0 saturated heterocycles. The van der Waals surface area contributed by atoms with Crippen molar-refractivity contribution in [2.75, 3.05) is 6.61 Å². The highest BCUT2D eigenvalue weighted by atomic mass is 31.2. The molecule has 0 aliphatic rings. The summed E-state index contributed by atoms with van der Waals surface area (Å²) >= 11 is 0. The van der Waals surface area contributed by atoms with Crippen LogP contribution in [0.2, 0.25) is 0 Å². The number of nitrogens with one attached hydrogen (secondary N) is 1. The van der Waals surface area contributed by atoms with Gasteiger partial charge in [0.25, 0.3) is 0 Å².